The van der Waals surface area contributed by atoms with E-state index in [9.17, 15) is 14.9 Å². The Balaban J connectivity index is 1.54. The minimum absolute atomic E-state index is 0.546. The van der Waals surface area contributed by atoms with Crippen LogP contribution in [0.2, 0.25) is 0 Å². The van der Waals surface area contributed by atoms with E-state index in [1.807, 2.05) is 120 Å². The van der Waals surface area contributed by atoms with Gasteiger partial charge >= 0.3 is 11.9 Å². The number of nitrogens with zero attached hydrogens (tertiary/aromatic N) is 2. The number of carbonyl (C=O) groups is 2. The van der Waals surface area contributed by atoms with Crippen LogP contribution in [0.3, 0.4) is 0 Å². The second-order valence-corrected chi connectivity index (χ2v) is 11.3. The number of ether oxygens (including phenoxy) is 2. The standard InChI is InChI=1S/C35H27BrN2O4/c1-41-34(40)35(22-37)29(24-16-18-27(36)19-17-24)30(38-21-20-23-10-8-9-15-28(23)32(35)38)33(39)42-31(25-11-4-2-5-12-25)26-13-6-3-7-14-26/h2-21,29-32H,1H3/t29-,30-,32+,35-/m1/s1. The van der Waals surface area contributed by atoms with Crippen LogP contribution in [0.1, 0.15) is 45.9 Å². The van der Waals surface area contributed by atoms with Crippen molar-refractivity contribution in [3.8, 4) is 6.07 Å². The van der Waals surface area contributed by atoms with Crippen LogP contribution in [0.5, 0.6) is 0 Å². The Morgan fingerprint density at radius 2 is 1.48 bits per heavy atom. The van der Waals surface area contributed by atoms with Gasteiger partial charge in [0, 0.05) is 16.6 Å². The van der Waals surface area contributed by atoms with E-state index in [0.717, 1.165) is 26.7 Å². The molecule has 0 amide bonds. The van der Waals surface area contributed by atoms with Gasteiger partial charge in [-0.2, -0.15) is 5.26 Å². The lowest BCUT2D eigenvalue weighted by Crippen LogP contribution is -2.41. The van der Waals surface area contributed by atoms with Crippen molar-refractivity contribution >= 4 is 33.9 Å². The molecule has 6 rings (SSSR count). The highest BCUT2D eigenvalue weighted by atomic mass is 79.9. The molecule has 0 saturated carbocycles. The number of fused-ring (bicyclic) bond motifs is 3. The van der Waals surface area contributed by atoms with Crippen LogP contribution in [0.25, 0.3) is 6.08 Å². The molecular weight excluding hydrogens is 592 g/mol. The molecule has 7 heteroatoms. The first-order valence-electron chi connectivity index (χ1n) is 13.6. The minimum atomic E-state index is -1.75. The molecule has 4 aromatic rings. The molecule has 0 aliphatic carbocycles. The van der Waals surface area contributed by atoms with Crippen LogP contribution in [0.4, 0.5) is 0 Å². The Kier molecular flexibility index (Phi) is 7.40. The minimum Gasteiger partial charge on any atom is -0.468 e. The molecular formula is C35H27BrN2O4. The van der Waals surface area contributed by atoms with E-state index in [1.165, 1.54) is 7.11 Å². The molecule has 0 aromatic heterocycles. The monoisotopic (exact) mass is 618 g/mol. The average molecular weight is 620 g/mol. The fourth-order valence-electron chi connectivity index (χ4n) is 6.38. The van der Waals surface area contributed by atoms with Gasteiger partial charge in [-0.1, -0.05) is 113 Å². The van der Waals surface area contributed by atoms with Crippen LogP contribution in [0, 0.1) is 16.7 Å². The summed E-state index contributed by atoms with van der Waals surface area (Å²) in [4.78, 5) is 30.2. The maximum atomic E-state index is 14.6. The number of esters is 2. The summed E-state index contributed by atoms with van der Waals surface area (Å²) in [6, 6.07) is 34.6. The summed E-state index contributed by atoms with van der Waals surface area (Å²) in [7, 11) is 1.28. The predicted octanol–water partition coefficient (Wildman–Crippen LogP) is 6.96. The molecule has 4 aromatic carbocycles. The largest absolute Gasteiger partial charge is 0.468 e. The lowest BCUT2D eigenvalue weighted by molar-refractivity contribution is -0.153. The van der Waals surface area contributed by atoms with Gasteiger partial charge < -0.3 is 14.4 Å². The molecule has 4 atom stereocenters. The highest BCUT2D eigenvalue weighted by molar-refractivity contribution is 9.10. The van der Waals surface area contributed by atoms with Gasteiger partial charge in [-0.3, -0.25) is 4.79 Å². The first-order chi connectivity index (χ1) is 20.5. The van der Waals surface area contributed by atoms with E-state index in [-0.39, 0.29) is 0 Å². The van der Waals surface area contributed by atoms with E-state index in [1.54, 1.807) is 6.20 Å². The molecule has 0 bridgehead atoms. The summed E-state index contributed by atoms with van der Waals surface area (Å²) in [5.41, 5.74) is 2.17. The number of methoxy groups -OCH3 is 1. The number of nitriles is 1. The quantitative estimate of drug-likeness (QED) is 0.217. The van der Waals surface area contributed by atoms with E-state index in [4.69, 9.17) is 9.47 Å². The molecule has 0 unspecified atom stereocenters. The lowest BCUT2D eigenvalue weighted by Gasteiger charge is -2.36. The van der Waals surface area contributed by atoms with Crippen molar-refractivity contribution in [3.05, 3.63) is 148 Å². The molecule has 1 fully saturated rings. The van der Waals surface area contributed by atoms with Crippen molar-refractivity contribution < 1.29 is 19.1 Å². The number of rotatable bonds is 6. The molecule has 0 N–H and O–H groups in total. The molecule has 1 saturated heterocycles. The van der Waals surface area contributed by atoms with Crippen molar-refractivity contribution in [2.45, 2.75) is 24.1 Å². The first-order valence-corrected chi connectivity index (χ1v) is 14.4. The number of hydrogen-bond acceptors (Lipinski definition) is 6. The van der Waals surface area contributed by atoms with E-state index in [0.29, 0.717) is 5.56 Å². The third-order valence-corrected chi connectivity index (χ3v) is 8.72. The van der Waals surface area contributed by atoms with Gasteiger partial charge in [-0.25, -0.2) is 4.79 Å². The second kappa shape index (κ2) is 11.3. The van der Waals surface area contributed by atoms with Gasteiger partial charge in [0.1, 0.15) is 6.04 Å². The Bertz CT molecular complexity index is 1640. The Hall–Kier alpha value is -4.67. The summed E-state index contributed by atoms with van der Waals surface area (Å²) in [6.45, 7) is 0. The zero-order valence-corrected chi connectivity index (χ0v) is 24.3. The molecule has 0 spiro atoms. The lowest BCUT2D eigenvalue weighted by atomic mass is 9.67. The van der Waals surface area contributed by atoms with Gasteiger partial charge in [0.15, 0.2) is 11.5 Å². The van der Waals surface area contributed by atoms with Gasteiger partial charge in [0.2, 0.25) is 0 Å². The number of benzene rings is 4. The number of carbonyl (C=O) groups excluding carboxylic acids is 2. The predicted molar refractivity (Wildman–Crippen MR) is 162 cm³/mol. The third-order valence-electron chi connectivity index (χ3n) is 8.19. The van der Waals surface area contributed by atoms with Crippen molar-refractivity contribution in [2.24, 2.45) is 5.41 Å². The molecule has 0 radical (unpaired) electrons. The molecule has 2 aliphatic rings. The number of hydrogen-bond donors (Lipinski definition) is 0. The smallest absolute Gasteiger partial charge is 0.330 e. The fraction of sp³-hybridized carbons (Fsp3) is 0.171. The van der Waals surface area contributed by atoms with Crippen LogP contribution in [0.15, 0.2) is 120 Å². The van der Waals surface area contributed by atoms with Gasteiger partial charge in [0.05, 0.1) is 19.2 Å². The van der Waals surface area contributed by atoms with Crippen molar-refractivity contribution in [3.63, 3.8) is 0 Å². The molecule has 42 heavy (non-hydrogen) atoms. The van der Waals surface area contributed by atoms with Crippen LogP contribution < -0.4 is 0 Å². The second-order valence-electron chi connectivity index (χ2n) is 10.4. The summed E-state index contributed by atoms with van der Waals surface area (Å²) in [6.07, 6.45) is 3.01. The van der Waals surface area contributed by atoms with Gasteiger partial charge in [0.25, 0.3) is 0 Å². The van der Waals surface area contributed by atoms with Crippen LogP contribution >= 0.6 is 15.9 Å². The van der Waals surface area contributed by atoms with E-state index < -0.39 is 41.5 Å². The van der Waals surface area contributed by atoms with Crippen molar-refractivity contribution in [2.75, 3.05) is 7.11 Å². The first kappa shape index (κ1) is 27.5. The molecule has 2 aliphatic heterocycles. The Labute approximate surface area is 252 Å². The van der Waals surface area contributed by atoms with Crippen molar-refractivity contribution in [1.29, 1.82) is 5.26 Å². The molecule has 208 valence electrons. The Morgan fingerprint density at radius 1 is 0.881 bits per heavy atom. The summed E-state index contributed by atoms with van der Waals surface area (Å²) >= 11 is 3.48. The average Bonchev–Trinajstić information content (AvgIpc) is 3.36. The highest BCUT2D eigenvalue weighted by Gasteiger charge is 2.68. The zero-order valence-electron chi connectivity index (χ0n) is 22.8. The molecule has 2 heterocycles. The van der Waals surface area contributed by atoms with Crippen LogP contribution in [-0.2, 0) is 19.1 Å². The van der Waals surface area contributed by atoms with Crippen molar-refractivity contribution in [1.82, 2.24) is 4.90 Å². The summed E-state index contributed by atoms with van der Waals surface area (Å²) in [5, 5.41) is 10.9. The summed E-state index contributed by atoms with van der Waals surface area (Å²) < 4.78 is 12.6. The molecule has 6 nitrogen and oxygen atoms in total. The van der Waals surface area contributed by atoms with Gasteiger partial charge in [-0.15, -0.1) is 0 Å². The Morgan fingerprint density at radius 3 is 2.07 bits per heavy atom. The normalized spacial score (nSPS) is 22.1. The fourth-order valence-corrected chi connectivity index (χ4v) is 6.64. The van der Waals surface area contributed by atoms with Gasteiger partial charge in [-0.05, 0) is 46.0 Å². The maximum absolute atomic E-state index is 14.6. The SMILES string of the molecule is COC(=O)[C@]1(C#N)[C@H](c2ccc(Br)cc2)[C@H](C(=O)OC(c2ccccc2)c2ccccc2)N2C=Cc3ccccc3[C@H]21. The van der Waals surface area contributed by atoms with E-state index >= 15 is 0 Å². The maximum Gasteiger partial charge on any atom is 0.330 e. The zero-order chi connectivity index (χ0) is 29.3. The topological polar surface area (TPSA) is 79.6 Å². The van der Waals surface area contributed by atoms with E-state index in [2.05, 4.69) is 22.0 Å². The summed E-state index contributed by atoms with van der Waals surface area (Å²) in [5.74, 6) is -2.14. The number of halogens is 1. The third kappa shape index (κ3) is 4.49. The highest BCUT2D eigenvalue weighted by Crippen LogP contribution is 2.60. The van der Waals surface area contributed by atoms with Crippen LogP contribution in [-0.4, -0.2) is 30.0 Å².